The van der Waals surface area contributed by atoms with E-state index in [1.54, 1.807) is 0 Å². The average molecular weight is 911 g/mol. The van der Waals surface area contributed by atoms with Gasteiger partial charge >= 0.3 is 11.9 Å². The number of fused-ring (bicyclic) bond motifs is 12. The molecular formula is C40H30O25. The molecule has 1 fully saturated rings. The Labute approximate surface area is 359 Å². The van der Waals surface area contributed by atoms with Gasteiger partial charge in [-0.05, 0) is 12.1 Å². The molecule has 25 heteroatoms. The first-order valence-electron chi connectivity index (χ1n) is 18.5. The van der Waals surface area contributed by atoms with Crippen molar-refractivity contribution < 1.29 is 124 Å². The van der Waals surface area contributed by atoms with Crippen molar-refractivity contribution in [3.63, 3.8) is 0 Å². The Hall–Kier alpha value is -8.52. The molecule has 4 aliphatic heterocycles. The lowest BCUT2D eigenvalue weighted by Crippen LogP contribution is -2.62. The maximum atomic E-state index is 14.1. The van der Waals surface area contributed by atoms with Gasteiger partial charge in [0.2, 0.25) is 40.2 Å². The van der Waals surface area contributed by atoms with E-state index >= 15 is 0 Å². The molecule has 0 aromatic heterocycles. The summed E-state index contributed by atoms with van der Waals surface area (Å²) in [6, 6.07) is 3.62. The van der Waals surface area contributed by atoms with Crippen molar-refractivity contribution in [2.75, 3.05) is 20.2 Å². The van der Waals surface area contributed by atoms with Gasteiger partial charge < -0.3 is 114 Å². The smallest absolute Gasteiger partial charge is 0.339 e. The van der Waals surface area contributed by atoms with Gasteiger partial charge in [-0.2, -0.15) is 0 Å². The summed E-state index contributed by atoms with van der Waals surface area (Å²) in [6.07, 6.45) is -9.66. The van der Waals surface area contributed by atoms with Gasteiger partial charge in [0.25, 0.3) is 0 Å². The van der Waals surface area contributed by atoms with E-state index in [4.69, 9.17) is 42.6 Å². The first-order chi connectivity index (χ1) is 30.9. The molecule has 4 heterocycles. The van der Waals surface area contributed by atoms with Crippen molar-refractivity contribution in [1.29, 1.82) is 0 Å². The molecule has 14 N–H and O–H groups in total. The molecule has 0 saturated carbocycles. The minimum atomic E-state index is -2.23. The summed E-state index contributed by atoms with van der Waals surface area (Å²) >= 11 is 0. The number of rotatable bonds is 0. The molecule has 0 bridgehead atoms. The Morgan fingerprint density at radius 1 is 0.446 bits per heavy atom. The van der Waals surface area contributed by atoms with Crippen LogP contribution in [0.5, 0.6) is 109 Å². The highest BCUT2D eigenvalue weighted by Gasteiger charge is 2.52. The molecule has 65 heavy (non-hydrogen) atoms. The molecule has 9 rings (SSSR count). The molecule has 0 spiro atoms. The Kier molecular flexibility index (Phi) is 9.70. The van der Waals surface area contributed by atoms with E-state index in [2.05, 4.69) is 0 Å². The van der Waals surface area contributed by atoms with Crippen LogP contribution < -0.4 is 18.9 Å². The van der Waals surface area contributed by atoms with Crippen LogP contribution in [0.1, 0.15) is 20.7 Å². The van der Waals surface area contributed by atoms with E-state index in [0.29, 0.717) is 12.1 Å². The number of ether oxygens (including phenoxy) is 9. The Balaban J connectivity index is 1.14. The van der Waals surface area contributed by atoms with Crippen LogP contribution in [-0.2, 0) is 23.7 Å². The highest BCUT2D eigenvalue weighted by Crippen LogP contribution is 2.64. The second-order valence-electron chi connectivity index (χ2n) is 14.4. The van der Waals surface area contributed by atoms with Gasteiger partial charge in [-0.1, -0.05) is 0 Å². The largest absolute Gasteiger partial charge is 0.504 e. The van der Waals surface area contributed by atoms with Crippen molar-refractivity contribution in [3.05, 3.63) is 41.5 Å². The lowest BCUT2D eigenvalue weighted by atomic mass is 9.91. The Morgan fingerprint density at radius 3 is 1.55 bits per heavy atom. The third kappa shape index (κ3) is 6.48. The molecule has 340 valence electrons. The monoisotopic (exact) mass is 910 g/mol. The van der Waals surface area contributed by atoms with Gasteiger partial charge in [0.1, 0.15) is 23.7 Å². The van der Waals surface area contributed by atoms with Gasteiger partial charge in [-0.25, -0.2) is 9.59 Å². The van der Waals surface area contributed by atoms with Gasteiger partial charge in [0, 0.05) is 29.3 Å². The third-order valence-corrected chi connectivity index (χ3v) is 10.6. The summed E-state index contributed by atoms with van der Waals surface area (Å²) in [4.78, 5) is 28.0. The summed E-state index contributed by atoms with van der Waals surface area (Å²) in [5, 5.41) is 149. The second-order valence-corrected chi connectivity index (χ2v) is 14.4. The number of aliphatic hydroxyl groups is 1. The van der Waals surface area contributed by atoms with Crippen molar-refractivity contribution in [3.8, 4) is 131 Å². The van der Waals surface area contributed by atoms with Crippen LogP contribution in [0.25, 0.3) is 22.3 Å². The minimum Gasteiger partial charge on any atom is -0.504 e. The fraction of sp³-hybridized carbons (Fsp3) is 0.200. The molecule has 5 atom stereocenters. The Bertz CT molecular complexity index is 2870. The van der Waals surface area contributed by atoms with Crippen molar-refractivity contribution in [2.45, 2.75) is 30.7 Å². The third-order valence-electron chi connectivity index (χ3n) is 10.6. The van der Waals surface area contributed by atoms with E-state index in [0.717, 1.165) is 18.2 Å². The van der Waals surface area contributed by atoms with Crippen molar-refractivity contribution in [2.24, 2.45) is 0 Å². The molecule has 0 aliphatic carbocycles. The number of benzene rings is 5. The summed E-state index contributed by atoms with van der Waals surface area (Å²) in [6.45, 7) is -2.51. The van der Waals surface area contributed by atoms with E-state index in [1.165, 1.54) is 0 Å². The van der Waals surface area contributed by atoms with Crippen LogP contribution in [0.15, 0.2) is 30.3 Å². The van der Waals surface area contributed by atoms with E-state index in [-0.39, 0.29) is 0 Å². The van der Waals surface area contributed by atoms with Crippen LogP contribution in [0, 0.1) is 0 Å². The second kappa shape index (κ2) is 15.1. The average Bonchev–Trinajstić information content (AvgIpc) is 3.27. The van der Waals surface area contributed by atoms with Crippen LogP contribution in [0.4, 0.5) is 0 Å². The zero-order valence-electron chi connectivity index (χ0n) is 32.1. The molecule has 5 aromatic rings. The molecule has 5 unspecified atom stereocenters. The lowest BCUT2D eigenvalue weighted by Gasteiger charge is -2.43. The zero-order chi connectivity index (χ0) is 46.5. The van der Waals surface area contributed by atoms with E-state index in [1.807, 2.05) is 0 Å². The number of hydrogen-bond donors (Lipinski definition) is 14. The fourth-order valence-corrected chi connectivity index (χ4v) is 7.54. The first kappa shape index (κ1) is 41.8. The number of phenolic OH excluding ortho intramolecular Hbond substituents is 13. The molecular weight excluding hydrogens is 880 g/mol. The lowest BCUT2D eigenvalue weighted by molar-refractivity contribution is -0.301. The molecule has 4 aliphatic rings. The van der Waals surface area contributed by atoms with Gasteiger partial charge in [-0.3, -0.25) is 0 Å². The quantitative estimate of drug-likeness (QED) is 0.0769. The van der Waals surface area contributed by atoms with Crippen LogP contribution in [0.2, 0.25) is 0 Å². The predicted molar refractivity (Wildman–Crippen MR) is 203 cm³/mol. The topological polar surface area (TPSA) is 400 Å². The summed E-state index contributed by atoms with van der Waals surface area (Å²) in [5.41, 5.74) is -4.57. The molecule has 25 nitrogen and oxygen atoms in total. The molecule has 0 radical (unpaired) electrons. The SMILES string of the molecule is O=C1OC2C(O)OC3COCOc4cc(O)c5c(c4-c4c(cc(O)c(O)c4O)OCOC3C2OC(=O)c2cc(O)c(O)c(O)c2-c2c1cc(O)c(O)c2O)Oc1cc(O)c(O)c(O)c1O5. The van der Waals surface area contributed by atoms with Crippen LogP contribution in [-0.4, -0.2) is 134 Å². The highest BCUT2D eigenvalue weighted by atomic mass is 16.7. The number of aromatic hydroxyl groups is 13. The zero-order valence-corrected chi connectivity index (χ0v) is 32.1. The van der Waals surface area contributed by atoms with Gasteiger partial charge in [0.15, 0.2) is 89.6 Å². The maximum Gasteiger partial charge on any atom is 0.339 e. The van der Waals surface area contributed by atoms with Crippen LogP contribution in [0.3, 0.4) is 0 Å². The number of carbonyl (C=O) groups excluding carboxylic acids is 2. The summed E-state index contributed by atoms with van der Waals surface area (Å²) < 4.78 is 51.8. The number of carbonyl (C=O) groups is 2. The Morgan fingerprint density at radius 2 is 0.938 bits per heavy atom. The highest BCUT2D eigenvalue weighted by molar-refractivity contribution is 6.08. The molecule has 0 amide bonds. The number of hydrogen-bond acceptors (Lipinski definition) is 25. The standard InChI is InChI=1S/C40H30O25/c41-11-1-9-20(28(50)24(11)46)21-10(2-12(42)25(47)29(21)51)39(55)65-37-36(64-38(9)54)34-19(62-40(37)56)6-57-7-58-17-5-15(45)32-35(61-18-4-14(44)27(49)31(53)33(18)63-32)23(17)22-16(59-8-60-34)3-13(43)26(48)30(22)52/h1-5,19,34,36-37,40-53,56H,6-8H2. The maximum absolute atomic E-state index is 14.1. The number of phenols is 13. The summed E-state index contributed by atoms with van der Waals surface area (Å²) in [5.74, 6) is -20.5. The molecule has 5 aromatic carbocycles. The van der Waals surface area contributed by atoms with Crippen molar-refractivity contribution in [1.82, 2.24) is 0 Å². The normalized spacial score (nSPS) is 21.2. The van der Waals surface area contributed by atoms with Crippen molar-refractivity contribution >= 4 is 11.9 Å². The number of aliphatic hydroxyl groups excluding tert-OH is 1. The van der Waals surface area contributed by atoms with Gasteiger partial charge in [-0.15, -0.1) is 0 Å². The summed E-state index contributed by atoms with van der Waals surface area (Å²) in [7, 11) is 0. The number of esters is 2. The van der Waals surface area contributed by atoms with Gasteiger partial charge in [0.05, 0.1) is 28.9 Å². The fourth-order valence-electron chi connectivity index (χ4n) is 7.54. The minimum absolute atomic E-state index is 0.416. The van der Waals surface area contributed by atoms with E-state index < -0.39 is 205 Å². The van der Waals surface area contributed by atoms with Crippen LogP contribution >= 0.6 is 0 Å². The predicted octanol–water partition coefficient (Wildman–Crippen LogP) is 2.66. The van der Waals surface area contributed by atoms with E-state index in [9.17, 15) is 81.1 Å². The molecule has 1 saturated heterocycles. The first-order valence-corrected chi connectivity index (χ1v) is 18.5.